The van der Waals surface area contributed by atoms with E-state index in [-0.39, 0.29) is 11.5 Å². The Balaban J connectivity index is 2.68. The number of aryl methyl sites for hydroxylation is 1. The number of allylic oxidation sites excluding steroid dienone is 4. The Morgan fingerprint density at radius 1 is 1.11 bits per heavy atom. The largest absolute Gasteiger partial charge is 0.508 e. The van der Waals surface area contributed by atoms with Crippen LogP contribution in [0.4, 0.5) is 0 Å². The van der Waals surface area contributed by atoms with Gasteiger partial charge in [0, 0.05) is 11.6 Å². The molecule has 0 bridgehead atoms. The van der Waals surface area contributed by atoms with Gasteiger partial charge in [-0.15, -0.1) is 0 Å². The summed E-state index contributed by atoms with van der Waals surface area (Å²) in [6, 6.07) is 3.08. The zero-order chi connectivity index (χ0) is 14.4. The van der Waals surface area contributed by atoms with Gasteiger partial charge in [-0.25, -0.2) is 0 Å². The molecule has 0 heterocycles. The summed E-state index contributed by atoms with van der Waals surface area (Å²) in [6.07, 6.45) is 7.20. The van der Waals surface area contributed by atoms with Crippen molar-refractivity contribution in [2.75, 3.05) is 0 Å². The maximum atomic E-state index is 9.84. The summed E-state index contributed by atoms with van der Waals surface area (Å²) in [5.41, 5.74) is 4.48. The molecule has 0 aliphatic carbocycles. The molecule has 0 aliphatic rings. The highest BCUT2D eigenvalue weighted by Crippen LogP contribution is 2.27. The lowest BCUT2D eigenvalue weighted by Crippen LogP contribution is -1.89. The van der Waals surface area contributed by atoms with Gasteiger partial charge in [-0.3, -0.25) is 0 Å². The molecule has 2 heteroatoms. The molecular weight excluding hydrogens is 236 g/mol. The SMILES string of the molecule is CC(C)=CCC/C(C)=C/Cc1c(C)cc(O)cc1O. The lowest BCUT2D eigenvalue weighted by Gasteiger charge is -2.08. The molecule has 1 aromatic rings. The third kappa shape index (κ3) is 5.21. The molecule has 2 N–H and O–H groups in total. The molecule has 0 atom stereocenters. The van der Waals surface area contributed by atoms with E-state index in [1.165, 1.54) is 17.2 Å². The van der Waals surface area contributed by atoms with Crippen LogP contribution in [-0.2, 0) is 6.42 Å². The average Bonchev–Trinajstić information content (AvgIpc) is 2.26. The van der Waals surface area contributed by atoms with Crippen molar-refractivity contribution in [3.8, 4) is 11.5 Å². The Kier molecular flexibility index (Phi) is 5.68. The fourth-order valence-corrected chi connectivity index (χ4v) is 2.01. The third-order valence-corrected chi connectivity index (χ3v) is 3.18. The molecule has 0 radical (unpaired) electrons. The maximum absolute atomic E-state index is 9.84. The van der Waals surface area contributed by atoms with Crippen LogP contribution in [0.5, 0.6) is 11.5 Å². The van der Waals surface area contributed by atoms with E-state index < -0.39 is 0 Å². The lowest BCUT2D eigenvalue weighted by molar-refractivity contribution is 0.446. The van der Waals surface area contributed by atoms with Crippen molar-refractivity contribution in [3.63, 3.8) is 0 Å². The minimum atomic E-state index is 0.114. The number of benzene rings is 1. The second-order valence-electron chi connectivity index (χ2n) is 5.34. The molecule has 0 saturated heterocycles. The molecule has 0 aromatic heterocycles. The van der Waals surface area contributed by atoms with E-state index in [0.29, 0.717) is 6.42 Å². The zero-order valence-corrected chi connectivity index (χ0v) is 12.3. The van der Waals surface area contributed by atoms with Gasteiger partial charge >= 0.3 is 0 Å². The standard InChI is InChI=1S/C17H24O2/c1-12(2)6-5-7-13(3)8-9-16-14(4)10-15(18)11-17(16)19/h6,8,10-11,18-19H,5,7,9H2,1-4H3/b13-8+. The van der Waals surface area contributed by atoms with E-state index in [1.54, 1.807) is 6.07 Å². The average molecular weight is 260 g/mol. The molecule has 2 nitrogen and oxygen atoms in total. The van der Waals surface area contributed by atoms with Gasteiger partial charge in [0.15, 0.2) is 0 Å². The first-order chi connectivity index (χ1) is 8.90. The number of hydrogen-bond donors (Lipinski definition) is 2. The van der Waals surface area contributed by atoms with Gasteiger partial charge in [0.2, 0.25) is 0 Å². The van der Waals surface area contributed by atoms with Crippen LogP contribution in [0.15, 0.2) is 35.4 Å². The molecule has 0 unspecified atom stereocenters. The summed E-state index contributed by atoms with van der Waals surface area (Å²) in [4.78, 5) is 0. The van der Waals surface area contributed by atoms with Crippen LogP contribution in [0.3, 0.4) is 0 Å². The van der Waals surface area contributed by atoms with Gasteiger partial charge in [0.25, 0.3) is 0 Å². The van der Waals surface area contributed by atoms with E-state index in [4.69, 9.17) is 0 Å². The number of hydrogen-bond acceptors (Lipinski definition) is 2. The highest BCUT2D eigenvalue weighted by Gasteiger charge is 2.05. The van der Waals surface area contributed by atoms with Gasteiger partial charge in [0.1, 0.15) is 11.5 Å². The zero-order valence-electron chi connectivity index (χ0n) is 12.3. The highest BCUT2D eigenvalue weighted by atomic mass is 16.3. The van der Waals surface area contributed by atoms with Gasteiger partial charge in [0.05, 0.1) is 0 Å². The summed E-state index contributed by atoms with van der Waals surface area (Å²) in [6.45, 7) is 8.24. The quantitative estimate of drug-likeness (QED) is 0.757. The molecular formula is C17H24O2. The van der Waals surface area contributed by atoms with Crippen LogP contribution in [0, 0.1) is 6.92 Å². The molecule has 0 saturated carbocycles. The van der Waals surface area contributed by atoms with Crippen LogP contribution in [0.1, 0.15) is 44.7 Å². The van der Waals surface area contributed by atoms with Crippen LogP contribution < -0.4 is 0 Å². The van der Waals surface area contributed by atoms with Crippen LogP contribution >= 0.6 is 0 Å². The van der Waals surface area contributed by atoms with Crippen molar-refractivity contribution in [1.29, 1.82) is 0 Å². The van der Waals surface area contributed by atoms with E-state index in [1.807, 2.05) is 6.92 Å². The van der Waals surface area contributed by atoms with Crippen LogP contribution in [0.2, 0.25) is 0 Å². The maximum Gasteiger partial charge on any atom is 0.123 e. The third-order valence-electron chi connectivity index (χ3n) is 3.18. The number of phenolic OH excluding ortho intramolecular Hbond substituents is 2. The lowest BCUT2D eigenvalue weighted by atomic mass is 10.0. The Morgan fingerprint density at radius 2 is 1.79 bits per heavy atom. The Bertz CT molecular complexity index is 469. The van der Waals surface area contributed by atoms with E-state index >= 15 is 0 Å². The monoisotopic (exact) mass is 260 g/mol. The number of phenols is 2. The van der Waals surface area contributed by atoms with Crippen molar-refractivity contribution in [2.24, 2.45) is 0 Å². The fraction of sp³-hybridized carbons (Fsp3) is 0.412. The molecule has 19 heavy (non-hydrogen) atoms. The van der Waals surface area contributed by atoms with Gasteiger partial charge < -0.3 is 10.2 Å². The molecule has 0 spiro atoms. The Morgan fingerprint density at radius 3 is 2.37 bits per heavy atom. The summed E-state index contributed by atoms with van der Waals surface area (Å²) < 4.78 is 0. The van der Waals surface area contributed by atoms with Crippen molar-refractivity contribution < 1.29 is 10.2 Å². The van der Waals surface area contributed by atoms with Gasteiger partial charge in [-0.05, 0) is 58.6 Å². The molecule has 0 aliphatic heterocycles. The molecule has 104 valence electrons. The topological polar surface area (TPSA) is 40.5 Å². The molecule has 0 fully saturated rings. The van der Waals surface area contributed by atoms with Crippen molar-refractivity contribution >= 4 is 0 Å². The molecule has 1 aromatic carbocycles. The summed E-state index contributed by atoms with van der Waals surface area (Å²) in [5, 5.41) is 19.2. The minimum absolute atomic E-state index is 0.114. The summed E-state index contributed by atoms with van der Waals surface area (Å²) >= 11 is 0. The highest BCUT2D eigenvalue weighted by molar-refractivity contribution is 5.45. The smallest absolute Gasteiger partial charge is 0.123 e. The van der Waals surface area contributed by atoms with Crippen LogP contribution in [0.25, 0.3) is 0 Å². The normalized spacial score (nSPS) is 11.5. The molecule has 0 amide bonds. The van der Waals surface area contributed by atoms with Gasteiger partial charge in [-0.1, -0.05) is 23.3 Å². The fourth-order valence-electron chi connectivity index (χ4n) is 2.01. The second kappa shape index (κ2) is 7.03. The summed E-state index contributed by atoms with van der Waals surface area (Å²) in [7, 11) is 0. The molecule has 1 rings (SSSR count). The summed E-state index contributed by atoms with van der Waals surface area (Å²) in [5.74, 6) is 0.286. The second-order valence-corrected chi connectivity index (χ2v) is 5.34. The van der Waals surface area contributed by atoms with Crippen LogP contribution in [-0.4, -0.2) is 10.2 Å². The Labute approximate surface area is 116 Å². The first-order valence-corrected chi connectivity index (χ1v) is 6.70. The predicted octanol–water partition coefficient (Wildman–Crippen LogP) is 4.64. The van der Waals surface area contributed by atoms with Gasteiger partial charge in [-0.2, -0.15) is 0 Å². The van der Waals surface area contributed by atoms with E-state index in [2.05, 4.69) is 32.9 Å². The first kappa shape index (κ1) is 15.4. The van der Waals surface area contributed by atoms with Crippen molar-refractivity contribution in [3.05, 3.63) is 46.6 Å². The minimum Gasteiger partial charge on any atom is -0.508 e. The van der Waals surface area contributed by atoms with Crippen molar-refractivity contribution in [1.82, 2.24) is 0 Å². The predicted molar refractivity (Wildman–Crippen MR) is 80.6 cm³/mol. The number of rotatable bonds is 5. The van der Waals surface area contributed by atoms with Crippen molar-refractivity contribution in [2.45, 2.75) is 47.0 Å². The number of aromatic hydroxyl groups is 2. The van der Waals surface area contributed by atoms with E-state index in [9.17, 15) is 10.2 Å². The first-order valence-electron chi connectivity index (χ1n) is 6.70. The van der Waals surface area contributed by atoms with E-state index in [0.717, 1.165) is 24.0 Å². The Hall–Kier alpha value is -1.70.